The number of unbranched alkanes of at least 4 members (excludes halogenated alkanes) is 6. The van der Waals surface area contributed by atoms with Gasteiger partial charge in [-0.2, -0.15) is 0 Å². The summed E-state index contributed by atoms with van der Waals surface area (Å²) in [6, 6.07) is 1.97. The minimum Gasteiger partial charge on any atom is -0.508 e. The van der Waals surface area contributed by atoms with Crippen molar-refractivity contribution in [1.82, 2.24) is 0 Å². The number of phenolic OH excluding ortho intramolecular Hbond substituents is 2. The van der Waals surface area contributed by atoms with Crippen molar-refractivity contribution in [2.45, 2.75) is 176 Å². The van der Waals surface area contributed by atoms with Crippen LogP contribution in [0, 0.1) is 0 Å². The van der Waals surface area contributed by atoms with E-state index in [0.29, 0.717) is 0 Å². The second kappa shape index (κ2) is 31.4. The molecule has 0 aromatic heterocycles. The van der Waals surface area contributed by atoms with E-state index < -0.39 is 148 Å². The summed E-state index contributed by atoms with van der Waals surface area (Å²) in [6.07, 6.45) is -2.13. The van der Waals surface area contributed by atoms with Gasteiger partial charge in [0.05, 0.1) is 25.9 Å². The highest BCUT2D eigenvalue weighted by Gasteiger charge is 2.55. The standard InChI is InChI=1S/C51H74O21/c1-3-5-7-9-11-13-16-20-31(55)21-17-15-19-23-38(59)70-48-45(65)47(39-30(26-52)24-32(56)25-33(39)57)67-35(28-54)46(48)71-51-49(72-50-44(64)42(62)40(60)34(27-53)68-50)43(63)41(61)36(69-51)29-66-37(58)22-18-14-12-10-8-6-4-2/h11-20,22-25,31,34-36,40-57,60-65H,3-10,21,26-29H2,1-2H3/b13-11+,14-12-,17-15+,20-16+,22-18+,23-19+/t31-,34+,35+,36+,40-,41-,42-,43-,44+,45-,46+,47-,48+,49+,50-,51-/m0/s1. The van der Waals surface area contributed by atoms with Crippen LogP contribution in [0.4, 0.5) is 0 Å². The molecule has 1 aromatic carbocycles. The van der Waals surface area contributed by atoms with Gasteiger partial charge in [-0.1, -0.05) is 100 Å². The molecule has 0 radical (unpaired) electrons. The molecule has 3 fully saturated rings. The molecule has 21 heteroatoms. The van der Waals surface area contributed by atoms with Crippen LogP contribution in [0.5, 0.6) is 11.5 Å². The minimum absolute atomic E-state index is 0.126. The quantitative estimate of drug-likeness (QED) is 0.0254. The Morgan fingerprint density at radius 1 is 0.625 bits per heavy atom. The predicted molar refractivity (Wildman–Crippen MR) is 255 cm³/mol. The minimum atomic E-state index is -2.09. The van der Waals surface area contributed by atoms with Crippen LogP contribution in [0.25, 0.3) is 0 Å². The lowest BCUT2D eigenvalue weighted by Gasteiger charge is -2.49. The number of rotatable bonds is 27. The normalized spacial score (nSPS) is 32.0. The number of aromatic hydroxyl groups is 2. The molecule has 0 bridgehead atoms. The maximum Gasteiger partial charge on any atom is 0.331 e. The molecule has 0 spiro atoms. The lowest BCUT2D eigenvalue weighted by molar-refractivity contribution is -0.383. The molecule has 0 unspecified atom stereocenters. The summed E-state index contributed by atoms with van der Waals surface area (Å²) < 4.78 is 40.8. The van der Waals surface area contributed by atoms with Gasteiger partial charge in [0.2, 0.25) is 0 Å². The molecule has 0 saturated carbocycles. The number of allylic oxidation sites excluding steroid dienone is 8. The first-order valence-corrected chi connectivity index (χ1v) is 24.4. The number of carbonyl (C=O) groups excluding carboxylic acids is 2. The lowest BCUT2D eigenvalue weighted by Crippen LogP contribution is -2.66. The molecular weight excluding hydrogens is 949 g/mol. The van der Waals surface area contributed by atoms with Crippen LogP contribution in [0.3, 0.4) is 0 Å². The van der Waals surface area contributed by atoms with E-state index in [1.165, 1.54) is 18.2 Å². The fraction of sp³-hybridized carbons (Fsp3) is 0.608. The molecule has 3 aliphatic heterocycles. The Kier molecular flexibility index (Phi) is 26.2. The molecular formula is C51H74O21. The zero-order chi connectivity index (χ0) is 52.7. The van der Waals surface area contributed by atoms with E-state index in [-0.39, 0.29) is 17.5 Å². The highest BCUT2D eigenvalue weighted by atomic mass is 16.8. The first-order chi connectivity index (χ1) is 34.6. The van der Waals surface area contributed by atoms with Crippen molar-refractivity contribution in [3.63, 3.8) is 0 Å². The van der Waals surface area contributed by atoms with Gasteiger partial charge in [0.1, 0.15) is 91.4 Å². The van der Waals surface area contributed by atoms with E-state index in [0.717, 1.165) is 75.7 Å². The fourth-order valence-electron chi connectivity index (χ4n) is 8.13. The van der Waals surface area contributed by atoms with Crippen LogP contribution in [-0.4, -0.2) is 185 Å². The molecule has 3 saturated heterocycles. The maximum atomic E-state index is 13.6. The molecule has 404 valence electrons. The zero-order valence-electron chi connectivity index (χ0n) is 40.6. The largest absolute Gasteiger partial charge is 0.508 e. The van der Waals surface area contributed by atoms with Gasteiger partial charge < -0.3 is 94.4 Å². The van der Waals surface area contributed by atoms with Gasteiger partial charge in [-0.25, -0.2) is 9.59 Å². The highest BCUT2D eigenvalue weighted by Crippen LogP contribution is 2.43. The second-order valence-electron chi connectivity index (χ2n) is 17.6. The van der Waals surface area contributed by atoms with Crippen LogP contribution in [0.15, 0.2) is 85.0 Å². The number of aliphatic hydroxyl groups excluding tert-OH is 10. The Labute approximate surface area is 418 Å². The van der Waals surface area contributed by atoms with E-state index in [2.05, 4.69) is 13.8 Å². The third-order valence-electron chi connectivity index (χ3n) is 12.1. The monoisotopic (exact) mass is 1020 g/mol. The number of benzene rings is 1. The van der Waals surface area contributed by atoms with Crippen molar-refractivity contribution in [3.05, 3.63) is 96.2 Å². The summed E-state index contributed by atoms with van der Waals surface area (Å²) in [5.74, 6) is -3.10. The van der Waals surface area contributed by atoms with Gasteiger partial charge in [-0.05, 0) is 43.7 Å². The summed E-state index contributed by atoms with van der Waals surface area (Å²) >= 11 is 0. The lowest BCUT2D eigenvalue weighted by atomic mass is 9.88. The summed E-state index contributed by atoms with van der Waals surface area (Å²) in [7, 11) is 0. The van der Waals surface area contributed by atoms with Crippen LogP contribution < -0.4 is 0 Å². The summed E-state index contributed by atoms with van der Waals surface area (Å²) in [4.78, 5) is 26.3. The van der Waals surface area contributed by atoms with Crippen molar-refractivity contribution >= 4 is 11.9 Å². The van der Waals surface area contributed by atoms with E-state index in [1.807, 2.05) is 18.2 Å². The van der Waals surface area contributed by atoms with Crippen LogP contribution >= 0.6 is 0 Å². The number of phenols is 2. The SMILES string of the molecule is CCCCC/C=C\C=C\C(=O)OC[C@H]1O[C@@H](O[C@H]2[C@H](OC(=O)/C=C/C=C/C[C@@H](O)/C=C/C=C/CCCCC)[C@@H](O)[C@H](c3c(O)cc(O)cc3CO)O[C@@H]2CO)[C@H](O[C@@H]2O[C@H](CO)[C@H](O)[C@H](O)[C@H]2O)[C@@H](O)[C@H]1O. The van der Waals surface area contributed by atoms with Gasteiger partial charge in [0.25, 0.3) is 0 Å². The average molecular weight is 1020 g/mol. The topological polar surface area (TPSA) is 342 Å². The van der Waals surface area contributed by atoms with Crippen LogP contribution in [0.1, 0.15) is 88.9 Å². The van der Waals surface area contributed by atoms with Gasteiger partial charge in [0, 0.05) is 23.8 Å². The third kappa shape index (κ3) is 17.6. The molecule has 16 atom stereocenters. The first kappa shape index (κ1) is 60.2. The molecule has 0 aliphatic carbocycles. The van der Waals surface area contributed by atoms with Crippen LogP contribution in [-0.2, 0) is 49.4 Å². The molecule has 3 aliphatic rings. The van der Waals surface area contributed by atoms with E-state index in [1.54, 1.807) is 24.3 Å². The molecule has 3 heterocycles. The fourth-order valence-corrected chi connectivity index (χ4v) is 8.13. The van der Waals surface area contributed by atoms with Crippen molar-refractivity contribution in [1.29, 1.82) is 0 Å². The Morgan fingerprint density at radius 2 is 1.22 bits per heavy atom. The summed E-state index contributed by atoms with van der Waals surface area (Å²) in [6.45, 7) is 0.838. The molecule has 21 nitrogen and oxygen atoms in total. The number of ether oxygens (including phenoxy) is 7. The number of aliphatic hydroxyl groups is 10. The van der Waals surface area contributed by atoms with Gasteiger partial charge in [-0.15, -0.1) is 0 Å². The molecule has 1 aromatic rings. The van der Waals surface area contributed by atoms with E-state index >= 15 is 0 Å². The summed E-state index contributed by atoms with van der Waals surface area (Å²) in [5.41, 5.74) is -0.392. The molecule has 72 heavy (non-hydrogen) atoms. The van der Waals surface area contributed by atoms with E-state index in [4.69, 9.17) is 33.2 Å². The molecule has 4 rings (SSSR count). The first-order valence-electron chi connectivity index (χ1n) is 24.4. The van der Waals surface area contributed by atoms with Crippen LogP contribution in [0.2, 0.25) is 0 Å². The summed E-state index contributed by atoms with van der Waals surface area (Å²) in [5, 5.41) is 129. The number of hydrogen-bond donors (Lipinski definition) is 12. The number of esters is 2. The van der Waals surface area contributed by atoms with Crippen molar-refractivity contribution in [3.8, 4) is 11.5 Å². The van der Waals surface area contributed by atoms with Gasteiger partial charge in [0.15, 0.2) is 18.7 Å². The Bertz CT molecular complexity index is 1970. The smallest absolute Gasteiger partial charge is 0.331 e. The van der Waals surface area contributed by atoms with Crippen molar-refractivity contribution in [2.75, 3.05) is 19.8 Å². The third-order valence-corrected chi connectivity index (χ3v) is 12.1. The number of carbonyl (C=O) groups is 2. The van der Waals surface area contributed by atoms with Crippen molar-refractivity contribution < 1.29 is 104 Å². The van der Waals surface area contributed by atoms with E-state index in [9.17, 15) is 70.9 Å². The Hall–Kier alpha value is -4.40. The van der Waals surface area contributed by atoms with Gasteiger partial charge >= 0.3 is 11.9 Å². The Morgan fingerprint density at radius 3 is 1.86 bits per heavy atom. The molecule has 0 amide bonds. The van der Waals surface area contributed by atoms with Crippen molar-refractivity contribution in [2.24, 2.45) is 0 Å². The average Bonchev–Trinajstić information content (AvgIpc) is 3.36. The second-order valence-corrected chi connectivity index (χ2v) is 17.6. The number of hydrogen-bond acceptors (Lipinski definition) is 21. The Balaban J connectivity index is 1.66. The maximum absolute atomic E-state index is 13.6. The zero-order valence-corrected chi connectivity index (χ0v) is 40.6. The predicted octanol–water partition coefficient (Wildman–Crippen LogP) is 1.10. The highest BCUT2D eigenvalue weighted by molar-refractivity contribution is 5.82. The molecule has 12 N–H and O–H groups in total. The van der Waals surface area contributed by atoms with Gasteiger partial charge in [-0.3, -0.25) is 0 Å².